The number of aromatic nitrogens is 4. The smallest absolute Gasteiger partial charge is 0.405 e. The highest BCUT2D eigenvalue weighted by atomic mass is 16.4. The Kier molecular flexibility index (Phi) is 11.7. The number of likely N-dealkylation sites (tertiary alicyclic amines) is 2. The first kappa shape index (κ1) is 38.5. The summed E-state index contributed by atoms with van der Waals surface area (Å²) in [5.74, 6) is 1.25. The lowest BCUT2D eigenvalue weighted by Gasteiger charge is -2.34. The Morgan fingerprint density at radius 3 is 1.64 bits per heavy atom. The second kappa shape index (κ2) is 16.9. The van der Waals surface area contributed by atoms with Crippen molar-refractivity contribution in [2.45, 2.75) is 77.5 Å². The van der Waals surface area contributed by atoms with Crippen LogP contribution in [0.25, 0.3) is 33.6 Å². The number of hydrogen-bond donors (Lipinski definition) is 4. The fraction of sp³-hybridized carbons (Fsp3) is 0.386. The predicted octanol–water partition coefficient (Wildman–Crippen LogP) is 7.84. The molecule has 56 heavy (non-hydrogen) atoms. The van der Waals surface area contributed by atoms with E-state index >= 15 is 0 Å². The summed E-state index contributed by atoms with van der Waals surface area (Å²) in [6.45, 7) is 10.7. The van der Waals surface area contributed by atoms with Gasteiger partial charge in [0.05, 0.1) is 35.9 Å². The number of nitrogens with one attached hydrogen (secondary N) is 3. The Hall–Kier alpha value is -5.75. The second-order valence-electron chi connectivity index (χ2n) is 15.1. The van der Waals surface area contributed by atoms with Crippen LogP contribution >= 0.6 is 0 Å². The summed E-state index contributed by atoms with van der Waals surface area (Å²) >= 11 is 0. The molecule has 7 rings (SSSR count). The van der Waals surface area contributed by atoms with Crippen LogP contribution in [0.4, 0.5) is 4.79 Å². The molecule has 2 aliphatic heterocycles. The summed E-state index contributed by atoms with van der Waals surface area (Å²) in [6.07, 6.45) is 5.85. The van der Waals surface area contributed by atoms with Crippen molar-refractivity contribution in [2.75, 3.05) is 26.2 Å². The number of carboxylic acid groups (broad SMARTS) is 1. The zero-order valence-electron chi connectivity index (χ0n) is 32.6. The van der Waals surface area contributed by atoms with Crippen molar-refractivity contribution in [3.63, 3.8) is 0 Å². The van der Waals surface area contributed by atoms with Gasteiger partial charge in [-0.05, 0) is 72.5 Å². The van der Waals surface area contributed by atoms with E-state index in [4.69, 9.17) is 4.98 Å². The molecule has 2 aromatic heterocycles. The van der Waals surface area contributed by atoms with E-state index in [1.165, 1.54) is 0 Å². The number of imidazole rings is 2. The lowest BCUT2D eigenvalue weighted by atomic mass is 10.0. The first-order valence-corrected chi connectivity index (χ1v) is 19.9. The molecule has 3 amide bonds. The third kappa shape index (κ3) is 7.97. The summed E-state index contributed by atoms with van der Waals surface area (Å²) in [7, 11) is 0. The predicted molar refractivity (Wildman–Crippen MR) is 216 cm³/mol. The van der Waals surface area contributed by atoms with Crippen molar-refractivity contribution in [3.05, 3.63) is 108 Å². The molecule has 12 heteroatoms. The Balaban J connectivity index is 1.02. The Bertz CT molecular complexity index is 2110. The standard InChI is InChI=1S/C44H52N8O4/c1-5-50(6-2)39(33-12-8-7-9-13-33)43(54)52-25-11-15-37(52)41-46-27-35(48-41)32-22-18-30(19-23-32)29-16-20-31(21-17-29)34-26-45-40(47-34)36-14-10-24-51(36)42(53)38(28(3)4)49-44(55)56/h7-9,12-13,16-23,26-28,36-39,49H,5-6,10-11,14-15,24-25H2,1-4H3,(H,45,47)(H,46,48)(H,55,56)/t36-,37-,38-,39+/m0/s1. The normalized spacial score (nSPS) is 18.1. The number of carbonyl (C=O) groups is 3. The highest BCUT2D eigenvalue weighted by Gasteiger charge is 2.39. The third-order valence-corrected chi connectivity index (χ3v) is 11.4. The molecule has 0 unspecified atom stereocenters. The Morgan fingerprint density at radius 1 is 0.732 bits per heavy atom. The van der Waals surface area contributed by atoms with Crippen molar-refractivity contribution in [2.24, 2.45) is 5.92 Å². The molecule has 0 aliphatic carbocycles. The minimum Gasteiger partial charge on any atom is -0.465 e. The molecule has 0 bridgehead atoms. The van der Waals surface area contributed by atoms with E-state index in [1.807, 2.05) is 43.1 Å². The van der Waals surface area contributed by atoms with E-state index in [1.54, 1.807) is 11.1 Å². The van der Waals surface area contributed by atoms with Crippen molar-refractivity contribution in [1.29, 1.82) is 0 Å². The van der Waals surface area contributed by atoms with E-state index in [2.05, 4.69) is 99.7 Å². The monoisotopic (exact) mass is 756 g/mol. The van der Waals surface area contributed by atoms with Crippen LogP contribution in [-0.2, 0) is 9.59 Å². The first-order chi connectivity index (χ1) is 27.2. The molecule has 0 radical (unpaired) electrons. The first-order valence-electron chi connectivity index (χ1n) is 19.9. The molecule has 292 valence electrons. The largest absolute Gasteiger partial charge is 0.465 e. The molecule has 12 nitrogen and oxygen atoms in total. The van der Waals surface area contributed by atoms with E-state index in [-0.39, 0.29) is 35.9 Å². The molecule has 0 spiro atoms. The summed E-state index contributed by atoms with van der Waals surface area (Å²) in [4.78, 5) is 61.4. The summed E-state index contributed by atoms with van der Waals surface area (Å²) < 4.78 is 0. The zero-order valence-corrected chi connectivity index (χ0v) is 32.6. The van der Waals surface area contributed by atoms with Crippen molar-refractivity contribution < 1.29 is 19.5 Å². The second-order valence-corrected chi connectivity index (χ2v) is 15.1. The number of carbonyl (C=O) groups excluding carboxylic acids is 2. The van der Waals surface area contributed by atoms with Crippen LogP contribution in [0.15, 0.2) is 91.3 Å². The maximum Gasteiger partial charge on any atom is 0.405 e. The fourth-order valence-corrected chi connectivity index (χ4v) is 8.34. The Morgan fingerprint density at radius 2 is 1.20 bits per heavy atom. The van der Waals surface area contributed by atoms with Gasteiger partial charge in [-0.1, -0.05) is 107 Å². The van der Waals surface area contributed by atoms with Gasteiger partial charge in [0.1, 0.15) is 23.7 Å². The fourth-order valence-electron chi connectivity index (χ4n) is 8.34. The van der Waals surface area contributed by atoms with Crippen LogP contribution in [-0.4, -0.2) is 89.9 Å². The molecule has 4 atom stereocenters. The molecular weight excluding hydrogens is 705 g/mol. The SMILES string of the molecule is CCN(CC)[C@@H](C(=O)N1CCC[C@H]1c1ncc(-c2ccc(-c3ccc(-c4cnc([C@@H]5CCCN5C(=O)[C@@H](NC(=O)O)C(C)C)[nH]4)cc3)cc2)[nH]1)c1ccccc1. The maximum absolute atomic E-state index is 14.2. The number of amides is 3. The van der Waals surface area contributed by atoms with E-state index < -0.39 is 12.1 Å². The van der Waals surface area contributed by atoms with Gasteiger partial charge in [0.2, 0.25) is 11.8 Å². The number of nitrogens with zero attached hydrogens (tertiary/aromatic N) is 5. The number of hydrogen-bond acceptors (Lipinski definition) is 6. The van der Waals surface area contributed by atoms with Gasteiger partial charge in [-0.15, -0.1) is 0 Å². The van der Waals surface area contributed by atoms with Gasteiger partial charge in [-0.25, -0.2) is 14.8 Å². The average molecular weight is 757 g/mol. The van der Waals surface area contributed by atoms with Gasteiger partial charge in [0, 0.05) is 13.1 Å². The summed E-state index contributed by atoms with van der Waals surface area (Å²) in [5.41, 5.74) is 6.94. The molecular formula is C44H52N8O4. The van der Waals surface area contributed by atoms with Crippen molar-refractivity contribution >= 4 is 17.9 Å². The topological polar surface area (TPSA) is 151 Å². The third-order valence-electron chi connectivity index (χ3n) is 11.4. The van der Waals surface area contributed by atoms with Crippen LogP contribution < -0.4 is 5.32 Å². The number of aromatic amines is 2. The number of benzene rings is 3. The number of H-pyrrole nitrogens is 2. The minimum atomic E-state index is -1.20. The lowest BCUT2D eigenvalue weighted by molar-refractivity contribution is -0.138. The summed E-state index contributed by atoms with van der Waals surface area (Å²) in [5, 5.41) is 11.7. The molecule has 5 aromatic rings. The highest BCUT2D eigenvalue weighted by molar-refractivity contribution is 5.86. The maximum atomic E-state index is 14.2. The number of rotatable bonds is 13. The molecule has 3 aromatic carbocycles. The molecule has 4 N–H and O–H groups in total. The van der Waals surface area contributed by atoms with Crippen LogP contribution in [0, 0.1) is 5.92 Å². The quantitative estimate of drug-likeness (QED) is 0.0956. The van der Waals surface area contributed by atoms with Crippen LogP contribution in [0.1, 0.15) is 88.7 Å². The van der Waals surface area contributed by atoms with Gasteiger partial charge in [-0.3, -0.25) is 14.5 Å². The van der Waals surface area contributed by atoms with Gasteiger partial charge in [0.15, 0.2) is 0 Å². The van der Waals surface area contributed by atoms with Gasteiger partial charge in [-0.2, -0.15) is 0 Å². The van der Waals surface area contributed by atoms with E-state index in [9.17, 15) is 19.5 Å². The van der Waals surface area contributed by atoms with E-state index in [0.29, 0.717) is 18.9 Å². The summed E-state index contributed by atoms with van der Waals surface area (Å²) in [6, 6.07) is 25.3. The molecule has 2 aliphatic rings. The van der Waals surface area contributed by atoms with E-state index in [0.717, 1.165) is 83.8 Å². The van der Waals surface area contributed by atoms with Crippen molar-refractivity contribution in [1.82, 2.24) is 40.0 Å². The minimum absolute atomic E-state index is 0.0975. The zero-order chi connectivity index (χ0) is 39.3. The van der Waals surface area contributed by atoms with Crippen LogP contribution in [0.2, 0.25) is 0 Å². The van der Waals surface area contributed by atoms with Crippen LogP contribution in [0.5, 0.6) is 0 Å². The lowest BCUT2D eigenvalue weighted by Crippen LogP contribution is -2.50. The Labute approximate surface area is 328 Å². The molecule has 2 saturated heterocycles. The van der Waals surface area contributed by atoms with Crippen LogP contribution in [0.3, 0.4) is 0 Å². The molecule has 4 heterocycles. The highest BCUT2D eigenvalue weighted by Crippen LogP contribution is 2.37. The molecule has 0 saturated carbocycles. The van der Waals surface area contributed by atoms with Gasteiger partial charge in [0.25, 0.3) is 0 Å². The van der Waals surface area contributed by atoms with Gasteiger partial charge < -0.3 is 30.2 Å². The number of likely N-dealkylation sites (N-methyl/N-ethyl adjacent to an activating group) is 1. The van der Waals surface area contributed by atoms with Crippen molar-refractivity contribution in [3.8, 4) is 33.6 Å². The molecule has 2 fully saturated rings. The average Bonchev–Trinajstić information content (AvgIpc) is 4.06. The van der Waals surface area contributed by atoms with Gasteiger partial charge >= 0.3 is 6.09 Å².